The zero-order chi connectivity index (χ0) is 36.4. The number of nitrogens with one attached hydrogen (secondary N) is 2. The molecular formula is C36H51F2N3O9S. The van der Waals surface area contributed by atoms with Gasteiger partial charge in [-0.2, -0.15) is 4.31 Å². The van der Waals surface area contributed by atoms with Crippen LogP contribution in [0.5, 0.6) is 5.75 Å². The van der Waals surface area contributed by atoms with Crippen molar-refractivity contribution in [3.05, 3.63) is 59.2 Å². The SMILES string of the molecule is CCN[C@H]1CO[C@@H]2OCC[C@H](OC(=O)N[C@@H](Cc3cc(F)cc(F)c3)[C@H](O)CN3CCCCCCCCOCc4cc(OC)ccc4S3(=O)=O)[C@@H]21. The Bertz CT molecular complexity index is 1530. The van der Waals surface area contributed by atoms with Crippen LogP contribution in [0.4, 0.5) is 13.6 Å². The van der Waals surface area contributed by atoms with Crippen LogP contribution in [0.3, 0.4) is 0 Å². The number of halogens is 2. The van der Waals surface area contributed by atoms with Crippen LogP contribution in [0.15, 0.2) is 41.3 Å². The van der Waals surface area contributed by atoms with Crippen LogP contribution in [-0.4, -0.2) is 101 Å². The van der Waals surface area contributed by atoms with Crippen molar-refractivity contribution in [2.24, 2.45) is 5.92 Å². The number of carbonyl (C=O) groups is 1. The van der Waals surface area contributed by atoms with Crippen molar-refractivity contribution in [3.8, 4) is 5.75 Å². The molecule has 12 nitrogen and oxygen atoms in total. The second-order valence-corrected chi connectivity index (χ2v) is 15.3. The van der Waals surface area contributed by atoms with Crippen molar-refractivity contribution in [2.75, 3.05) is 46.6 Å². The number of sulfonamides is 1. The van der Waals surface area contributed by atoms with Crippen LogP contribution in [0, 0.1) is 17.6 Å². The Morgan fingerprint density at radius 1 is 1.04 bits per heavy atom. The van der Waals surface area contributed by atoms with Crippen molar-refractivity contribution in [2.45, 2.75) is 100 Å². The quantitative estimate of drug-likeness (QED) is 0.323. The number of nitrogens with zero attached hydrogens (tertiary/aromatic N) is 1. The Morgan fingerprint density at radius 2 is 1.78 bits per heavy atom. The molecular weight excluding hydrogens is 688 g/mol. The van der Waals surface area contributed by atoms with Crippen LogP contribution in [0.1, 0.15) is 63.0 Å². The van der Waals surface area contributed by atoms with Gasteiger partial charge in [-0.3, -0.25) is 0 Å². The monoisotopic (exact) mass is 739 g/mol. The lowest BCUT2D eigenvalue weighted by Crippen LogP contribution is -2.53. The van der Waals surface area contributed by atoms with Gasteiger partial charge >= 0.3 is 6.09 Å². The van der Waals surface area contributed by atoms with E-state index in [1.165, 1.54) is 17.5 Å². The lowest BCUT2D eigenvalue weighted by Gasteiger charge is -2.35. The van der Waals surface area contributed by atoms with Gasteiger partial charge in [0, 0.05) is 43.8 Å². The first-order valence-corrected chi connectivity index (χ1v) is 19.3. The summed E-state index contributed by atoms with van der Waals surface area (Å²) in [7, 11) is -2.71. The zero-order valence-corrected chi connectivity index (χ0v) is 30.2. The van der Waals surface area contributed by atoms with Crippen LogP contribution in [-0.2, 0) is 42.0 Å². The highest BCUT2D eigenvalue weighted by atomic mass is 32.2. The fraction of sp³-hybridized carbons (Fsp3) is 0.639. The van der Waals surface area contributed by atoms with E-state index in [2.05, 4.69) is 10.6 Å². The third-order valence-corrected chi connectivity index (χ3v) is 11.6. The molecule has 284 valence electrons. The van der Waals surface area contributed by atoms with Crippen LogP contribution in [0.25, 0.3) is 0 Å². The second kappa shape index (κ2) is 18.7. The Kier molecular flexibility index (Phi) is 14.4. The maximum absolute atomic E-state index is 14.4. The number of rotatable bonds is 10. The van der Waals surface area contributed by atoms with Crippen LogP contribution in [0.2, 0.25) is 0 Å². The number of fused-ring (bicyclic) bond motifs is 2. The Balaban J connectivity index is 1.40. The Morgan fingerprint density at radius 3 is 2.53 bits per heavy atom. The third kappa shape index (κ3) is 10.6. The molecule has 2 aromatic carbocycles. The summed E-state index contributed by atoms with van der Waals surface area (Å²) in [5, 5.41) is 17.8. The van der Waals surface area contributed by atoms with Gasteiger partial charge in [-0.15, -0.1) is 0 Å². The van der Waals surface area contributed by atoms with E-state index in [0.717, 1.165) is 50.3 Å². The summed E-state index contributed by atoms with van der Waals surface area (Å²) in [4.78, 5) is 13.5. The van der Waals surface area contributed by atoms with Crippen molar-refractivity contribution < 1.29 is 50.8 Å². The minimum atomic E-state index is -4.20. The average molecular weight is 740 g/mol. The van der Waals surface area contributed by atoms with Crippen molar-refractivity contribution in [3.63, 3.8) is 0 Å². The summed E-state index contributed by atoms with van der Waals surface area (Å²) in [5.74, 6) is -1.44. The number of β-amino-alcohol motifs (C(OH)–C–C–N with tert-alkyl or cyclic N) is 1. The molecule has 0 bridgehead atoms. The van der Waals surface area contributed by atoms with Gasteiger partial charge in [0.2, 0.25) is 10.0 Å². The molecule has 1 amide bonds. The number of hydrogen-bond acceptors (Lipinski definition) is 10. The molecule has 0 spiro atoms. The number of benzene rings is 2. The van der Waals surface area contributed by atoms with E-state index >= 15 is 0 Å². The van der Waals surface area contributed by atoms with Crippen molar-refractivity contribution in [1.82, 2.24) is 14.9 Å². The van der Waals surface area contributed by atoms with Gasteiger partial charge in [0.15, 0.2) is 6.29 Å². The number of methoxy groups -OCH3 is 1. The molecule has 0 saturated carbocycles. The fourth-order valence-electron chi connectivity index (χ4n) is 7.09. The number of amides is 1. The Hall–Kier alpha value is -2.92. The number of aliphatic hydroxyl groups is 1. The molecule has 3 aliphatic heterocycles. The van der Waals surface area contributed by atoms with Gasteiger partial charge in [0.1, 0.15) is 23.5 Å². The van der Waals surface area contributed by atoms with E-state index in [0.29, 0.717) is 50.5 Å². The number of carbonyl (C=O) groups excluding carboxylic acids is 1. The lowest BCUT2D eigenvalue weighted by atomic mass is 9.91. The topological polar surface area (TPSA) is 145 Å². The average Bonchev–Trinajstić information content (AvgIpc) is 3.51. The van der Waals surface area contributed by atoms with Gasteiger partial charge < -0.3 is 39.4 Å². The fourth-order valence-corrected chi connectivity index (χ4v) is 8.78. The van der Waals surface area contributed by atoms with Crippen molar-refractivity contribution >= 4 is 16.1 Å². The van der Waals surface area contributed by atoms with Crippen LogP contribution >= 0.6 is 0 Å². The molecule has 3 aliphatic rings. The van der Waals surface area contributed by atoms with Gasteiger partial charge in [0.05, 0.1) is 49.9 Å². The summed E-state index contributed by atoms with van der Waals surface area (Å²) < 4.78 is 87.1. The molecule has 51 heavy (non-hydrogen) atoms. The standard InChI is InChI=1S/C36H51F2N3O9S/c1-3-39-30-23-49-35-34(30)32(12-15-48-35)50-36(43)40-29(18-24-16-26(37)20-27(38)17-24)31(42)21-41-13-8-6-4-5-7-9-14-47-22-25-19-28(46-2)10-11-33(25)51(41,44)45/h10-11,16-17,19-20,29-32,34-35,39,42H,3-9,12-15,18,21-23H2,1-2H3,(H,40,43)/t29-,30-,31+,32-,34-,35-/m0/s1. The first-order valence-electron chi connectivity index (χ1n) is 17.9. The molecule has 3 N–H and O–H groups in total. The van der Waals surface area contributed by atoms with Crippen LogP contribution < -0.4 is 15.4 Å². The van der Waals surface area contributed by atoms with E-state index in [1.807, 2.05) is 6.92 Å². The molecule has 6 atom stereocenters. The summed E-state index contributed by atoms with van der Waals surface area (Å²) in [6, 6.07) is 6.32. The minimum absolute atomic E-state index is 0.0202. The summed E-state index contributed by atoms with van der Waals surface area (Å²) in [6.07, 6.45) is 1.83. The van der Waals surface area contributed by atoms with Gasteiger partial charge in [-0.25, -0.2) is 22.0 Å². The molecule has 0 aromatic heterocycles. The van der Waals surface area contributed by atoms with E-state index in [1.54, 1.807) is 12.1 Å². The van der Waals surface area contributed by atoms with E-state index in [-0.39, 0.29) is 42.0 Å². The lowest BCUT2D eigenvalue weighted by molar-refractivity contribution is -0.180. The zero-order valence-electron chi connectivity index (χ0n) is 29.4. The largest absolute Gasteiger partial charge is 0.497 e. The molecule has 2 fully saturated rings. The first kappa shape index (κ1) is 39.3. The third-order valence-electron chi connectivity index (χ3n) is 9.68. The highest BCUT2D eigenvalue weighted by Crippen LogP contribution is 2.33. The molecule has 0 unspecified atom stereocenters. The number of alkyl carbamates (subject to hydrolysis) is 1. The number of ether oxygens (including phenoxy) is 5. The molecule has 3 heterocycles. The minimum Gasteiger partial charge on any atom is -0.497 e. The predicted octanol–water partition coefficient (Wildman–Crippen LogP) is 4.27. The molecule has 15 heteroatoms. The summed E-state index contributed by atoms with van der Waals surface area (Å²) in [5.41, 5.74) is 0.582. The maximum atomic E-state index is 14.4. The Labute approximate surface area is 299 Å². The number of aliphatic hydroxyl groups excluding tert-OH is 1. The van der Waals surface area contributed by atoms with E-state index in [9.17, 15) is 27.1 Å². The summed E-state index contributed by atoms with van der Waals surface area (Å²) >= 11 is 0. The molecule has 2 saturated heterocycles. The molecule has 0 aliphatic carbocycles. The predicted molar refractivity (Wildman–Crippen MR) is 184 cm³/mol. The van der Waals surface area contributed by atoms with E-state index in [4.69, 9.17) is 23.7 Å². The maximum Gasteiger partial charge on any atom is 0.407 e. The van der Waals surface area contributed by atoms with Gasteiger partial charge in [-0.05, 0) is 61.7 Å². The highest BCUT2D eigenvalue weighted by molar-refractivity contribution is 7.89. The normalized spacial score (nSPS) is 25.8. The van der Waals surface area contributed by atoms with Gasteiger partial charge in [-0.1, -0.05) is 32.6 Å². The number of likely N-dealkylation sites (N-methyl/N-ethyl adjacent to an activating group) is 1. The second-order valence-electron chi connectivity index (χ2n) is 13.4. The molecule has 2 aromatic rings. The highest BCUT2D eigenvalue weighted by Gasteiger charge is 2.47. The molecule has 5 rings (SSSR count). The molecule has 0 radical (unpaired) electrons. The first-order chi connectivity index (χ1) is 24.6. The summed E-state index contributed by atoms with van der Waals surface area (Å²) in [6.45, 7) is 3.59. The van der Waals surface area contributed by atoms with E-state index < -0.39 is 58.8 Å². The van der Waals surface area contributed by atoms with Crippen molar-refractivity contribution in [1.29, 1.82) is 0 Å². The smallest absolute Gasteiger partial charge is 0.407 e. The van der Waals surface area contributed by atoms with Gasteiger partial charge in [0.25, 0.3) is 0 Å². The number of hydrogen-bond donors (Lipinski definition) is 3.